The largest absolute Gasteiger partial charge is 0.416 e. The Kier molecular flexibility index (Phi) is 5.70. The highest BCUT2D eigenvalue weighted by atomic mass is 35.5. The second-order valence-electron chi connectivity index (χ2n) is 7.63. The molecule has 3 heterocycles. The number of H-pyrrole nitrogens is 1. The first-order valence-corrected chi connectivity index (χ1v) is 10.3. The Balaban J connectivity index is 1.74. The van der Waals surface area contributed by atoms with Gasteiger partial charge in [0.15, 0.2) is 0 Å². The van der Waals surface area contributed by atoms with Gasteiger partial charge in [0.25, 0.3) is 5.56 Å². The van der Waals surface area contributed by atoms with Crippen molar-refractivity contribution in [2.45, 2.75) is 51.5 Å². The monoisotopic (exact) mass is 470 g/mol. The molecule has 0 bridgehead atoms. The molecule has 170 valence electrons. The maximum absolute atomic E-state index is 13.5. The number of nitrogens with one attached hydrogen (secondary N) is 1. The van der Waals surface area contributed by atoms with E-state index in [1.54, 1.807) is 6.92 Å². The van der Waals surface area contributed by atoms with Crippen molar-refractivity contribution >= 4 is 17.3 Å². The number of halogens is 5. The topological polar surface area (TPSA) is 79.7 Å². The van der Waals surface area contributed by atoms with Crippen LogP contribution < -0.4 is 10.5 Å². The summed E-state index contributed by atoms with van der Waals surface area (Å²) in [6, 6.07) is 1.70. The van der Waals surface area contributed by atoms with Crippen molar-refractivity contribution in [2.24, 2.45) is 0 Å². The van der Waals surface area contributed by atoms with Gasteiger partial charge >= 0.3 is 6.18 Å². The number of nitrogens with zero attached hydrogens (tertiary/aromatic N) is 5. The number of alkyl halides is 3. The van der Waals surface area contributed by atoms with Crippen LogP contribution in [0.4, 0.5) is 23.2 Å². The average Bonchev–Trinajstić information content (AvgIpc) is 3.16. The summed E-state index contributed by atoms with van der Waals surface area (Å²) in [5.41, 5.74) is 0.0519. The molecule has 3 aromatic rings. The molecular weight excluding hydrogens is 452 g/mol. The summed E-state index contributed by atoms with van der Waals surface area (Å²) < 4.78 is 55.6. The minimum atomic E-state index is -4.71. The van der Waals surface area contributed by atoms with Crippen LogP contribution >= 0.6 is 11.6 Å². The van der Waals surface area contributed by atoms with Gasteiger partial charge in [0.2, 0.25) is 0 Å². The van der Waals surface area contributed by atoms with Crippen molar-refractivity contribution in [3.05, 3.63) is 68.1 Å². The number of rotatable bonds is 4. The van der Waals surface area contributed by atoms with E-state index < -0.39 is 29.2 Å². The number of fused-ring (bicyclic) bond motifs is 1. The van der Waals surface area contributed by atoms with Crippen molar-refractivity contribution in [1.29, 1.82) is 0 Å². The number of hydrogen-bond donors (Lipinski definition) is 1. The van der Waals surface area contributed by atoms with Gasteiger partial charge in [-0.3, -0.25) is 4.79 Å². The third kappa shape index (κ3) is 3.85. The highest BCUT2D eigenvalue weighted by molar-refractivity contribution is 6.33. The molecule has 0 radical (unpaired) electrons. The quantitative estimate of drug-likeness (QED) is 0.580. The van der Waals surface area contributed by atoms with Crippen LogP contribution in [-0.4, -0.2) is 31.2 Å². The van der Waals surface area contributed by atoms with Crippen LogP contribution in [0.3, 0.4) is 0 Å². The molecule has 0 fully saturated rings. The van der Waals surface area contributed by atoms with E-state index >= 15 is 0 Å². The zero-order chi connectivity index (χ0) is 23.2. The van der Waals surface area contributed by atoms with E-state index in [9.17, 15) is 22.4 Å². The van der Waals surface area contributed by atoms with Crippen LogP contribution in [0.1, 0.15) is 48.8 Å². The van der Waals surface area contributed by atoms with Crippen LogP contribution in [0.2, 0.25) is 5.02 Å². The molecule has 12 heteroatoms. The molecule has 1 aromatic carbocycles. The Hall–Kier alpha value is -2.95. The minimum Gasteiger partial charge on any atom is -0.359 e. The Morgan fingerprint density at radius 1 is 1.34 bits per heavy atom. The average molecular weight is 471 g/mol. The molecule has 0 aliphatic carbocycles. The second kappa shape index (κ2) is 8.19. The Morgan fingerprint density at radius 2 is 2.09 bits per heavy atom. The smallest absolute Gasteiger partial charge is 0.359 e. The Bertz CT molecular complexity index is 1210. The summed E-state index contributed by atoms with van der Waals surface area (Å²) in [5.74, 6) is -0.959. The fourth-order valence-corrected chi connectivity index (χ4v) is 4.31. The molecule has 4 rings (SSSR count). The van der Waals surface area contributed by atoms with E-state index in [1.807, 2.05) is 11.8 Å². The summed E-state index contributed by atoms with van der Waals surface area (Å²) in [5, 5.41) is 14.4. The zero-order valence-electron chi connectivity index (χ0n) is 17.1. The molecular formula is C20H19ClF4N6O. The van der Waals surface area contributed by atoms with E-state index in [1.165, 1.54) is 10.9 Å². The third-order valence-electron chi connectivity index (χ3n) is 5.76. The SMILES string of the molecule is CC[C@@H]1Cc2c(nnn2[C@H](C)c2ccc(F)cc2C(F)(F)F)CN1c1cn[nH]c(=O)c1Cl. The molecule has 0 spiro atoms. The number of aromatic amines is 1. The van der Waals surface area contributed by atoms with Crippen LogP contribution in [0.25, 0.3) is 0 Å². The van der Waals surface area contributed by atoms with Crippen LogP contribution in [0.5, 0.6) is 0 Å². The molecule has 2 aromatic heterocycles. The molecule has 1 N–H and O–H groups in total. The molecule has 7 nitrogen and oxygen atoms in total. The highest BCUT2D eigenvalue weighted by Gasteiger charge is 2.37. The van der Waals surface area contributed by atoms with Crippen LogP contribution in [0, 0.1) is 5.82 Å². The maximum Gasteiger partial charge on any atom is 0.416 e. The van der Waals surface area contributed by atoms with Gasteiger partial charge in [0.05, 0.1) is 35.7 Å². The molecule has 0 amide bonds. The van der Waals surface area contributed by atoms with Crippen molar-refractivity contribution < 1.29 is 17.6 Å². The lowest BCUT2D eigenvalue weighted by Gasteiger charge is -2.36. The number of benzene rings is 1. The predicted molar refractivity (Wildman–Crippen MR) is 109 cm³/mol. The molecule has 1 aliphatic heterocycles. The lowest BCUT2D eigenvalue weighted by molar-refractivity contribution is -0.138. The molecule has 0 unspecified atom stereocenters. The molecule has 1 aliphatic rings. The van der Waals surface area contributed by atoms with Crippen molar-refractivity contribution in [2.75, 3.05) is 4.90 Å². The fraction of sp³-hybridized carbons (Fsp3) is 0.400. The number of anilines is 1. The maximum atomic E-state index is 13.5. The first-order valence-electron chi connectivity index (χ1n) is 9.91. The summed E-state index contributed by atoms with van der Waals surface area (Å²) in [7, 11) is 0. The molecule has 0 saturated carbocycles. The predicted octanol–water partition coefficient (Wildman–Crippen LogP) is 4.12. The second-order valence-corrected chi connectivity index (χ2v) is 8.00. The highest BCUT2D eigenvalue weighted by Crippen LogP contribution is 2.38. The zero-order valence-corrected chi connectivity index (χ0v) is 17.9. The summed E-state index contributed by atoms with van der Waals surface area (Å²) in [6.45, 7) is 3.79. The van der Waals surface area contributed by atoms with Gasteiger partial charge in [-0.25, -0.2) is 14.2 Å². The van der Waals surface area contributed by atoms with Crippen molar-refractivity contribution in [3.8, 4) is 0 Å². The Morgan fingerprint density at radius 3 is 2.78 bits per heavy atom. The van der Waals surface area contributed by atoms with Crippen LogP contribution in [-0.2, 0) is 19.1 Å². The van der Waals surface area contributed by atoms with E-state index in [4.69, 9.17) is 11.6 Å². The van der Waals surface area contributed by atoms with Gasteiger partial charge in [-0.15, -0.1) is 5.10 Å². The lowest BCUT2D eigenvalue weighted by atomic mass is 9.97. The minimum absolute atomic E-state index is 0.00351. The Labute approximate surface area is 185 Å². The molecule has 2 atom stereocenters. The van der Waals surface area contributed by atoms with Crippen LogP contribution in [0.15, 0.2) is 29.2 Å². The van der Waals surface area contributed by atoms with Gasteiger partial charge in [-0.05, 0) is 31.0 Å². The normalized spacial score (nSPS) is 17.3. The summed E-state index contributed by atoms with van der Waals surface area (Å²) in [4.78, 5) is 13.8. The van der Waals surface area contributed by atoms with Gasteiger partial charge in [-0.1, -0.05) is 29.8 Å². The standard InChI is InChI=1S/C20H19ClF4N6O/c1-3-12-7-16-15(9-30(12)17-8-26-28-19(32)18(17)21)27-29-31(16)10(2)13-5-4-11(22)6-14(13)20(23,24)25/h4-6,8,10,12H,3,7,9H2,1-2H3,(H,28,32)/t10-,12-/m1/s1. The van der Waals surface area contributed by atoms with Gasteiger partial charge < -0.3 is 4.90 Å². The summed E-state index contributed by atoms with van der Waals surface area (Å²) in [6.07, 6.45) is -2.15. The van der Waals surface area contributed by atoms with Gasteiger partial charge in [0.1, 0.15) is 16.5 Å². The van der Waals surface area contributed by atoms with E-state index in [0.717, 1.165) is 12.1 Å². The molecule has 0 saturated heterocycles. The number of hydrogen-bond acceptors (Lipinski definition) is 5. The third-order valence-corrected chi connectivity index (χ3v) is 6.12. The first-order chi connectivity index (χ1) is 15.1. The summed E-state index contributed by atoms with van der Waals surface area (Å²) >= 11 is 6.18. The number of aromatic nitrogens is 5. The fourth-order valence-electron chi connectivity index (χ4n) is 4.11. The van der Waals surface area contributed by atoms with Crippen molar-refractivity contribution in [3.63, 3.8) is 0 Å². The van der Waals surface area contributed by atoms with E-state index in [0.29, 0.717) is 36.0 Å². The molecule has 32 heavy (non-hydrogen) atoms. The van der Waals surface area contributed by atoms with Gasteiger partial charge in [0, 0.05) is 12.5 Å². The lowest BCUT2D eigenvalue weighted by Crippen LogP contribution is -2.41. The van der Waals surface area contributed by atoms with E-state index in [2.05, 4.69) is 20.5 Å². The van der Waals surface area contributed by atoms with Gasteiger partial charge in [-0.2, -0.15) is 18.3 Å². The van der Waals surface area contributed by atoms with E-state index in [-0.39, 0.29) is 23.2 Å². The van der Waals surface area contributed by atoms with Crippen molar-refractivity contribution in [1.82, 2.24) is 25.2 Å². The first kappa shape index (κ1) is 22.3.